The van der Waals surface area contributed by atoms with Crippen LogP contribution in [-0.2, 0) is 14.8 Å². The third kappa shape index (κ3) is 3.03. The molecule has 1 N–H and O–H groups in total. The van der Waals surface area contributed by atoms with Crippen molar-refractivity contribution in [3.05, 3.63) is 28.5 Å². The molecule has 1 aromatic carbocycles. The van der Waals surface area contributed by atoms with Crippen LogP contribution in [0.4, 0.5) is 4.39 Å². The van der Waals surface area contributed by atoms with Crippen LogP contribution in [0.25, 0.3) is 0 Å². The van der Waals surface area contributed by atoms with Crippen molar-refractivity contribution in [2.75, 3.05) is 20.3 Å². The maximum absolute atomic E-state index is 14.2. The van der Waals surface area contributed by atoms with Gasteiger partial charge in [0, 0.05) is 18.7 Å². The van der Waals surface area contributed by atoms with Gasteiger partial charge >= 0.3 is 5.97 Å². The number of benzene rings is 1. The molecule has 1 unspecified atom stereocenters. The Hall–Kier alpha value is -1.22. The average Bonchev–Trinajstić information content (AvgIpc) is 2.93. The van der Waals surface area contributed by atoms with Gasteiger partial charge in [0.2, 0.25) is 10.0 Å². The van der Waals surface area contributed by atoms with Gasteiger partial charge in [0.1, 0.15) is 4.90 Å². The molecule has 0 aromatic heterocycles. The van der Waals surface area contributed by atoms with Crippen LogP contribution >= 0.6 is 11.6 Å². The SMILES string of the molecule is CN(C1CCOC1)S(=O)(=O)c1cc(Cl)cc(C(=O)O)c1F. The molecule has 1 atom stereocenters. The number of carboxylic acid groups (broad SMARTS) is 1. The zero-order chi connectivity index (χ0) is 15.8. The minimum absolute atomic E-state index is 0.163. The first-order chi connectivity index (χ1) is 9.75. The number of nitrogens with zero attached hydrogens (tertiary/aromatic N) is 1. The lowest BCUT2D eigenvalue weighted by Crippen LogP contribution is -2.37. The van der Waals surface area contributed by atoms with Gasteiger partial charge in [-0.2, -0.15) is 4.31 Å². The Labute approximate surface area is 126 Å². The highest BCUT2D eigenvalue weighted by atomic mass is 35.5. The van der Waals surface area contributed by atoms with Crippen LogP contribution in [0.2, 0.25) is 5.02 Å². The number of carbonyl (C=O) groups is 1. The van der Waals surface area contributed by atoms with E-state index in [0.29, 0.717) is 13.0 Å². The molecular formula is C12H13ClFNO5S. The number of ether oxygens (including phenoxy) is 1. The molecule has 1 aliphatic rings. The fourth-order valence-corrected chi connectivity index (χ4v) is 3.83. The van der Waals surface area contributed by atoms with Gasteiger partial charge in [-0.25, -0.2) is 17.6 Å². The van der Waals surface area contributed by atoms with Gasteiger partial charge in [-0.15, -0.1) is 0 Å². The van der Waals surface area contributed by atoms with Crippen LogP contribution in [0.15, 0.2) is 17.0 Å². The molecule has 1 fully saturated rings. The monoisotopic (exact) mass is 337 g/mol. The van der Waals surface area contributed by atoms with Gasteiger partial charge in [-0.3, -0.25) is 0 Å². The van der Waals surface area contributed by atoms with Crippen molar-refractivity contribution in [3.8, 4) is 0 Å². The topological polar surface area (TPSA) is 83.9 Å². The molecule has 0 saturated carbocycles. The minimum Gasteiger partial charge on any atom is -0.478 e. The predicted molar refractivity (Wildman–Crippen MR) is 72.5 cm³/mol. The molecule has 0 amide bonds. The molecule has 1 aromatic rings. The van der Waals surface area contributed by atoms with E-state index in [9.17, 15) is 17.6 Å². The zero-order valence-electron chi connectivity index (χ0n) is 11.0. The lowest BCUT2D eigenvalue weighted by molar-refractivity contribution is 0.0691. The fourth-order valence-electron chi connectivity index (χ4n) is 2.07. The lowest BCUT2D eigenvalue weighted by Gasteiger charge is -2.23. The van der Waals surface area contributed by atoms with Crippen LogP contribution in [0.1, 0.15) is 16.8 Å². The molecule has 6 nitrogen and oxygen atoms in total. The average molecular weight is 338 g/mol. The van der Waals surface area contributed by atoms with Gasteiger partial charge in [0.05, 0.1) is 18.2 Å². The van der Waals surface area contributed by atoms with Gasteiger partial charge in [0.15, 0.2) is 5.82 Å². The zero-order valence-corrected chi connectivity index (χ0v) is 12.6. The smallest absolute Gasteiger partial charge is 0.338 e. The van der Waals surface area contributed by atoms with Crippen molar-refractivity contribution < 1.29 is 27.4 Å². The summed E-state index contributed by atoms with van der Waals surface area (Å²) in [4.78, 5) is 10.2. The number of sulfonamides is 1. The second kappa shape index (κ2) is 5.88. The summed E-state index contributed by atoms with van der Waals surface area (Å²) in [6, 6.07) is 1.36. The number of carboxylic acids is 1. The Balaban J connectivity index is 2.51. The van der Waals surface area contributed by atoms with E-state index in [0.717, 1.165) is 16.4 Å². The van der Waals surface area contributed by atoms with Crippen LogP contribution < -0.4 is 0 Å². The highest BCUT2D eigenvalue weighted by molar-refractivity contribution is 7.89. The van der Waals surface area contributed by atoms with E-state index in [-0.39, 0.29) is 11.6 Å². The number of aromatic carboxylic acids is 1. The van der Waals surface area contributed by atoms with Crippen molar-refractivity contribution in [2.45, 2.75) is 17.4 Å². The van der Waals surface area contributed by atoms with E-state index in [1.807, 2.05) is 0 Å². The normalized spacial score (nSPS) is 19.1. The van der Waals surface area contributed by atoms with Gasteiger partial charge in [0.25, 0.3) is 0 Å². The molecule has 21 heavy (non-hydrogen) atoms. The molecule has 1 heterocycles. The molecule has 1 saturated heterocycles. The van der Waals surface area contributed by atoms with Crippen molar-refractivity contribution >= 4 is 27.6 Å². The van der Waals surface area contributed by atoms with Gasteiger partial charge in [-0.05, 0) is 18.6 Å². The van der Waals surface area contributed by atoms with Crippen molar-refractivity contribution in [1.82, 2.24) is 4.31 Å². The maximum Gasteiger partial charge on any atom is 0.338 e. The molecule has 2 rings (SSSR count). The summed E-state index contributed by atoms with van der Waals surface area (Å²) in [5.41, 5.74) is -0.780. The Morgan fingerprint density at radius 1 is 1.52 bits per heavy atom. The summed E-state index contributed by atoms with van der Waals surface area (Å²) < 4.78 is 45.2. The largest absolute Gasteiger partial charge is 0.478 e. The molecule has 0 spiro atoms. The summed E-state index contributed by atoms with van der Waals surface area (Å²) in [5.74, 6) is -2.91. The summed E-state index contributed by atoms with van der Waals surface area (Å²) in [7, 11) is -2.90. The highest BCUT2D eigenvalue weighted by Gasteiger charge is 2.34. The van der Waals surface area contributed by atoms with Crippen LogP contribution in [0.3, 0.4) is 0 Å². The van der Waals surface area contributed by atoms with Gasteiger partial charge in [-0.1, -0.05) is 11.6 Å². The van der Waals surface area contributed by atoms with Crippen molar-refractivity contribution in [3.63, 3.8) is 0 Å². The Morgan fingerprint density at radius 3 is 2.71 bits per heavy atom. The Bertz CT molecular complexity index is 672. The lowest BCUT2D eigenvalue weighted by atomic mass is 10.2. The molecule has 116 valence electrons. The van der Waals surface area contributed by atoms with E-state index in [4.69, 9.17) is 21.4 Å². The molecule has 0 aliphatic carbocycles. The first-order valence-corrected chi connectivity index (χ1v) is 7.85. The number of hydrogen-bond acceptors (Lipinski definition) is 4. The van der Waals surface area contributed by atoms with Gasteiger partial charge < -0.3 is 9.84 Å². The number of rotatable bonds is 4. The van der Waals surface area contributed by atoms with Crippen LogP contribution in [0, 0.1) is 5.82 Å². The standard InChI is InChI=1S/C12H13ClFNO5S/c1-15(8-2-3-20-6-8)21(18,19)10-5-7(13)4-9(11(10)14)12(16)17/h4-5,8H,2-3,6H2,1H3,(H,16,17). The van der Waals surface area contributed by atoms with E-state index in [1.54, 1.807) is 0 Å². The number of likely N-dealkylation sites (N-methyl/N-ethyl adjacent to an activating group) is 1. The summed E-state index contributed by atoms with van der Waals surface area (Å²) >= 11 is 5.70. The van der Waals surface area contributed by atoms with E-state index < -0.39 is 38.3 Å². The predicted octanol–water partition coefficient (Wildman–Crippen LogP) is 1.59. The van der Waals surface area contributed by atoms with Crippen LogP contribution in [0.5, 0.6) is 0 Å². The summed E-state index contributed by atoms with van der Waals surface area (Å²) in [6.07, 6.45) is 0.490. The fraction of sp³-hybridized carbons (Fsp3) is 0.417. The highest BCUT2D eigenvalue weighted by Crippen LogP contribution is 2.28. The number of hydrogen-bond donors (Lipinski definition) is 1. The first-order valence-electron chi connectivity index (χ1n) is 6.03. The van der Waals surface area contributed by atoms with E-state index >= 15 is 0 Å². The third-order valence-corrected chi connectivity index (χ3v) is 5.44. The van der Waals surface area contributed by atoms with E-state index in [2.05, 4.69) is 0 Å². The van der Waals surface area contributed by atoms with Crippen molar-refractivity contribution in [2.24, 2.45) is 0 Å². The second-order valence-corrected chi connectivity index (χ2v) is 7.01. The minimum atomic E-state index is -4.20. The Morgan fingerprint density at radius 2 is 2.19 bits per heavy atom. The van der Waals surface area contributed by atoms with E-state index in [1.165, 1.54) is 7.05 Å². The molecule has 9 heteroatoms. The van der Waals surface area contributed by atoms with Crippen LogP contribution in [-0.4, -0.2) is 50.1 Å². The molecular weight excluding hydrogens is 325 g/mol. The first kappa shape index (κ1) is 16.2. The Kier molecular flexibility index (Phi) is 4.52. The second-order valence-electron chi connectivity index (χ2n) is 4.61. The maximum atomic E-state index is 14.2. The molecule has 1 aliphatic heterocycles. The summed E-state index contributed by atoms with van der Waals surface area (Å²) in [6.45, 7) is 0.632. The third-order valence-electron chi connectivity index (χ3n) is 3.31. The quantitative estimate of drug-likeness (QED) is 0.902. The molecule has 0 bridgehead atoms. The molecule has 0 radical (unpaired) electrons. The number of halogens is 2. The summed E-state index contributed by atoms with van der Waals surface area (Å²) in [5, 5.41) is 8.74. The van der Waals surface area contributed by atoms with Crippen molar-refractivity contribution in [1.29, 1.82) is 0 Å².